The predicted octanol–water partition coefficient (Wildman–Crippen LogP) is 3.52. The summed E-state index contributed by atoms with van der Waals surface area (Å²) in [4.78, 5) is 4.50. The molecule has 1 aliphatic rings. The van der Waals surface area contributed by atoms with E-state index in [1.165, 1.54) is 35.9 Å². The van der Waals surface area contributed by atoms with E-state index in [-0.39, 0.29) is 0 Å². The first-order chi connectivity index (χ1) is 11.2. The van der Waals surface area contributed by atoms with Crippen LogP contribution >= 0.6 is 11.9 Å². The molecule has 1 heterocycles. The highest BCUT2D eigenvalue weighted by Gasteiger charge is 2.20. The van der Waals surface area contributed by atoms with Crippen LogP contribution in [-0.4, -0.2) is 19.2 Å². The first kappa shape index (κ1) is 16.5. The normalized spacial score (nSPS) is 17.7. The molecule has 3 rings (SSSR count). The van der Waals surface area contributed by atoms with Crippen molar-refractivity contribution in [3.63, 3.8) is 0 Å². The molecule has 0 aliphatic heterocycles. The number of hydrogen-bond donors (Lipinski definition) is 1. The van der Waals surface area contributed by atoms with Crippen LogP contribution in [0.2, 0.25) is 0 Å². The van der Waals surface area contributed by atoms with Crippen LogP contribution in [0.5, 0.6) is 0 Å². The van der Waals surface area contributed by atoms with Crippen LogP contribution in [0, 0.1) is 0 Å². The molecule has 0 amide bonds. The molecule has 0 bridgehead atoms. The van der Waals surface area contributed by atoms with E-state index in [0.29, 0.717) is 10.8 Å². The van der Waals surface area contributed by atoms with E-state index in [4.69, 9.17) is 0 Å². The molecule has 0 fully saturated rings. The van der Waals surface area contributed by atoms with Crippen molar-refractivity contribution >= 4 is 22.0 Å². The monoisotopic (exact) mass is 348 g/mol. The lowest BCUT2D eigenvalue weighted by molar-refractivity contribution is 0.541. The molecule has 1 unspecified atom stereocenters. The van der Waals surface area contributed by atoms with E-state index in [0.717, 1.165) is 18.6 Å². The van der Waals surface area contributed by atoms with Crippen LogP contribution in [0.3, 0.4) is 0 Å². The number of aryl methyl sites for hydroxylation is 1. The number of rotatable bonds is 6. The van der Waals surface area contributed by atoms with E-state index >= 15 is 0 Å². The summed E-state index contributed by atoms with van der Waals surface area (Å²) >= 11 is 1.27. The fraction of sp³-hybridized carbons (Fsp3) is 0.353. The van der Waals surface area contributed by atoms with Crippen LogP contribution in [0.25, 0.3) is 0 Å². The maximum Gasteiger partial charge on any atom is 0.249 e. The molecular weight excluding hydrogens is 328 g/mol. The molecule has 0 radical (unpaired) electrons. The van der Waals surface area contributed by atoms with Crippen LogP contribution in [0.4, 0.5) is 0 Å². The van der Waals surface area contributed by atoms with Crippen molar-refractivity contribution in [1.29, 1.82) is 0 Å². The molecule has 0 saturated heterocycles. The third-order valence-corrected chi connectivity index (χ3v) is 6.85. The van der Waals surface area contributed by atoms with Gasteiger partial charge in [0.25, 0.3) is 0 Å². The van der Waals surface area contributed by atoms with Gasteiger partial charge in [0.05, 0.1) is 4.90 Å². The van der Waals surface area contributed by atoms with Gasteiger partial charge in [-0.1, -0.05) is 30.1 Å². The maximum absolute atomic E-state index is 12.1. The molecule has 23 heavy (non-hydrogen) atoms. The highest BCUT2D eigenvalue weighted by molar-refractivity contribution is 8.09. The van der Waals surface area contributed by atoms with E-state index in [1.54, 1.807) is 24.3 Å². The van der Waals surface area contributed by atoms with Gasteiger partial charge in [-0.15, -0.1) is 0 Å². The number of hydrogen-bond acceptors (Lipinski definition) is 4. The lowest BCUT2D eigenvalue weighted by Crippen LogP contribution is -2.18. The highest BCUT2D eigenvalue weighted by Crippen LogP contribution is 2.34. The summed E-state index contributed by atoms with van der Waals surface area (Å²) in [5.74, 6) is 1.27. The average molecular weight is 348 g/mol. The van der Waals surface area contributed by atoms with Gasteiger partial charge in [-0.3, -0.25) is 4.98 Å². The third kappa shape index (κ3) is 4.13. The Bertz CT molecular complexity index is 748. The van der Waals surface area contributed by atoms with Crippen LogP contribution in [-0.2, 0) is 16.4 Å². The van der Waals surface area contributed by atoms with Crippen molar-refractivity contribution in [2.45, 2.75) is 36.5 Å². The number of benzene rings is 1. The van der Waals surface area contributed by atoms with Gasteiger partial charge in [-0.05, 0) is 60.9 Å². The third-order valence-electron chi connectivity index (χ3n) is 4.17. The number of nitrogens with zero attached hydrogens (tertiary/aromatic N) is 1. The molecule has 4 nitrogen and oxygen atoms in total. The average Bonchev–Trinajstić information content (AvgIpc) is 2.59. The Balaban J connectivity index is 1.53. The summed E-state index contributed by atoms with van der Waals surface area (Å²) in [6.45, 7) is 0. The number of sulfonamides is 1. The largest absolute Gasteiger partial charge is 0.264 e. The Kier molecular flexibility index (Phi) is 5.35. The van der Waals surface area contributed by atoms with Crippen molar-refractivity contribution in [3.05, 3.63) is 59.9 Å². The van der Waals surface area contributed by atoms with Gasteiger partial charge in [0, 0.05) is 18.1 Å². The minimum Gasteiger partial charge on any atom is -0.264 e. The van der Waals surface area contributed by atoms with Crippen LogP contribution < -0.4 is 4.13 Å². The fourth-order valence-corrected chi connectivity index (χ4v) is 5.26. The Hall–Kier alpha value is -1.37. The Morgan fingerprint density at radius 2 is 2.04 bits per heavy atom. The van der Waals surface area contributed by atoms with Gasteiger partial charge >= 0.3 is 0 Å². The first-order valence-corrected chi connectivity index (χ1v) is 10.2. The smallest absolute Gasteiger partial charge is 0.249 e. The first-order valence-electron chi connectivity index (χ1n) is 7.78. The molecule has 1 aliphatic carbocycles. The lowest BCUT2D eigenvalue weighted by Gasteiger charge is -2.24. The Labute approximate surface area is 141 Å². The van der Waals surface area contributed by atoms with E-state index in [9.17, 15) is 8.42 Å². The quantitative estimate of drug-likeness (QED) is 0.641. The van der Waals surface area contributed by atoms with Crippen molar-refractivity contribution in [1.82, 2.24) is 9.11 Å². The van der Waals surface area contributed by atoms with E-state index in [2.05, 4.69) is 15.2 Å². The summed E-state index contributed by atoms with van der Waals surface area (Å²) in [7, 11) is -3.42. The van der Waals surface area contributed by atoms with Gasteiger partial charge in [0.1, 0.15) is 0 Å². The predicted molar refractivity (Wildman–Crippen MR) is 93.8 cm³/mol. The van der Waals surface area contributed by atoms with Gasteiger partial charge in [-0.25, -0.2) is 8.42 Å². The number of fused-ring (bicyclic) bond motifs is 1. The van der Waals surface area contributed by atoms with Crippen molar-refractivity contribution in [2.24, 2.45) is 0 Å². The molecule has 0 spiro atoms. The maximum atomic E-state index is 12.1. The van der Waals surface area contributed by atoms with Gasteiger partial charge < -0.3 is 0 Å². The van der Waals surface area contributed by atoms with E-state index < -0.39 is 10.0 Å². The van der Waals surface area contributed by atoms with E-state index in [1.807, 2.05) is 18.5 Å². The molecule has 122 valence electrons. The van der Waals surface area contributed by atoms with Crippen LogP contribution in [0.15, 0.2) is 53.7 Å². The molecular formula is C17H20N2O2S2. The standard InChI is InChI=1S/C17H20N2O2S2/c20-23(21,16-7-2-1-3-8-16)19-22-12-10-14-5-4-6-15-13-18-11-9-17(14)15/h1-3,7-9,11,13-14,19H,4-6,10,12H2. The summed E-state index contributed by atoms with van der Waals surface area (Å²) < 4.78 is 26.9. The van der Waals surface area contributed by atoms with Gasteiger partial charge in [0.2, 0.25) is 10.0 Å². The number of aromatic nitrogens is 1. The van der Waals surface area contributed by atoms with Gasteiger partial charge in [-0.2, -0.15) is 4.13 Å². The minimum absolute atomic E-state index is 0.307. The lowest BCUT2D eigenvalue weighted by atomic mass is 9.82. The molecule has 1 aromatic heterocycles. The Morgan fingerprint density at radius 1 is 1.22 bits per heavy atom. The van der Waals surface area contributed by atoms with Crippen molar-refractivity contribution in [2.75, 3.05) is 5.75 Å². The fourth-order valence-electron chi connectivity index (χ4n) is 3.01. The molecule has 6 heteroatoms. The second-order valence-electron chi connectivity index (χ2n) is 5.70. The molecule has 2 aromatic rings. The zero-order valence-electron chi connectivity index (χ0n) is 12.8. The summed E-state index contributed by atoms with van der Waals surface area (Å²) in [6, 6.07) is 10.6. The minimum atomic E-state index is -3.42. The second-order valence-corrected chi connectivity index (χ2v) is 8.54. The molecule has 1 N–H and O–H groups in total. The number of nitrogens with one attached hydrogen (secondary N) is 1. The van der Waals surface area contributed by atoms with Crippen molar-refractivity contribution < 1.29 is 8.42 Å². The second kappa shape index (κ2) is 7.47. The van der Waals surface area contributed by atoms with Gasteiger partial charge in [0.15, 0.2) is 0 Å². The summed E-state index contributed by atoms with van der Waals surface area (Å²) in [5.41, 5.74) is 2.73. The van der Waals surface area contributed by atoms with Crippen molar-refractivity contribution in [3.8, 4) is 0 Å². The molecule has 0 saturated carbocycles. The molecule has 1 aromatic carbocycles. The van der Waals surface area contributed by atoms with Crippen LogP contribution in [0.1, 0.15) is 36.3 Å². The molecule has 1 atom stereocenters. The summed E-state index contributed by atoms with van der Waals surface area (Å²) in [5, 5.41) is 0. The SMILES string of the molecule is O=S(=O)(NSCCC1CCCc2cnccc21)c1ccccc1. The summed E-state index contributed by atoms with van der Waals surface area (Å²) in [6.07, 6.45) is 8.24. The topological polar surface area (TPSA) is 59.1 Å². The number of pyridine rings is 1. The zero-order chi connectivity index (χ0) is 16.1. The zero-order valence-corrected chi connectivity index (χ0v) is 14.4. The Morgan fingerprint density at radius 3 is 2.87 bits per heavy atom. The highest BCUT2D eigenvalue weighted by atomic mass is 32.3.